The molecular weight excluding hydrogens is 482 g/mol. The van der Waals surface area contributed by atoms with Gasteiger partial charge in [0.1, 0.15) is 0 Å². The minimum absolute atomic E-state index is 0.204. The van der Waals surface area contributed by atoms with Gasteiger partial charge in [-0.15, -0.1) is 0 Å². The van der Waals surface area contributed by atoms with Gasteiger partial charge in [-0.05, 0) is 77.1 Å². The van der Waals surface area contributed by atoms with E-state index in [1.54, 1.807) is 0 Å². The van der Waals surface area contributed by atoms with Crippen molar-refractivity contribution in [2.24, 2.45) is 0 Å². The van der Waals surface area contributed by atoms with E-state index in [2.05, 4.69) is 36.4 Å². The minimum atomic E-state index is -0.460. The van der Waals surface area contributed by atoms with Crippen LogP contribution in [0.3, 0.4) is 0 Å². The van der Waals surface area contributed by atoms with Crippen molar-refractivity contribution in [1.29, 1.82) is 0 Å². The first-order valence-corrected chi connectivity index (χ1v) is 13.5. The molecule has 4 heteroatoms. The molecule has 0 amide bonds. The van der Waals surface area contributed by atoms with Gasteiger partial charge >= 0.3 is 5.97 Å². The monoisotopic (exact) mass is 509 g/mol. The summed E-state index contributed by atoms with van der Waals surface area (Å²) in [6.07, 6.45) is 3.38. The van der Waals surface area contributed by atoms with Crippen LogP contribution >= 0.6 is 0 Å². The number of benzene rings is 4. The second-order valence-electron chi connectivity index (χ2n) is 10.5. The Morgan fingerprint density at radius 3 is 2.49 bits per heavy atom. The summed E-state index contributed by atoms with van der Waals surface area (Å²) in [4.78, 5) is 31.8. The van der Waals surface area contributed by atoms with Crippen molar-refractivity contribution in [1.82, 2.24) is 4.98 Å². The predicted molar refractivity (Wildman–Crippen MR) is 152 cm³/mol. The number of esters is 1. The molecule has 2 aliphatic carbocycles. The van der Waals surface area contributed by atoms with Gasteiger partial charge in [0, 0.05) is 16.6 Å². The number of hydrogen-bond acceptors (Lipinski definition) is 4. The molecule has 0 saturated carbocycles. The standard InChI is InChI=1S/C35H27NO3/c37-33(26-15-14-25-18-24-10-4-5-11-27(24)29(25)20-26)21-39-35(38)34-28-12-6-7-13-31(28)36-32-17-16-23(19-30(32)34)22-8-2-1-3-9-22/h1-15,20,23H,16-19,21H2/t23-/m0/s1. The number of ether oxygens (including phenoxy) is 1. The molecule has 0 radical (unpaired) electrons. The Hall–Kier alpha value is -4.57. The number of carbonyl (C=O) groups excluding carboxylic acids is 2. The molecule has 0 saturated heterocycles. The van der Waals surface area contributed by atoms with Crippen molar-refractivity contribution in [3.63, 3.8) is 0 Å². The van der Waals surface area contributed by atoms with Gasteiger partial charge in [-0.25, -0.2) is 4.79 Å². The lowest BCUT2D eigenvalue weighted by atomic mass is 9.80. The maximum atomic E-state index is 13.7. The van der Waals surface area contributed by atoms with E-state index in [1.807, 2.05) is 60.7 Å². The topological polar surface area (TPSA) is 56.3 Å². The number of ketones is 1. The molecule has 0 bridgehead atoms. The smallest absolute Gasteiger partial charge is 0.339 e. The van der Waals surface area contributed by atoms with Crippen LogP contribution in [0.15, 0.2) is 97.1 Å². The Bertz CT molecular complexity index is 1760. The molecule has 1 aromatic heterocycles. The Labute approximate surface area is 227 Å². The molecule has 0 N–H and O–H groups in total. The van der Waals surface area contributed by atoms with Gasteiger partial charge in [-0.3, -0.25) is 9.78 Å². The molecule has 0 unspecified atom stereocenters. The number of rotatable bonds is 5. The third-order valence-electron chi connectivity index (χ3n) is 8.19. The number of hydrogen-bond donors (Lipinski definition) is 0. The number of para-hydroxylation sites is 1. The SMILES string of the molecule is O=C(COC(=O)c1c2c(nc3ccccc13)CC[C@H](c1ccccc1)C2)c1ccc2c(c1)-c1ccccc1C2. The number of fused-ring (bicyclic) bond motifs is 5. The molecule has 1 heterocycles. The fourth-order valence-corrected chi connectivity index (χ4v) is 6.21. The lowest BCUT2D eigenvalue weighted by Crippen LogP contribution is -2.21. The van der Waals surface area contributed by atoms with Crippen molar-refractivity contribution in [3.8, 4) is 11.1 Å². The maximum absolute atomic E-state index is 13.7. The molecule has 4 aromatic carbocycles. The summed E-state index contributed by atoms with van der Waals surface area (Å²) in [5.74, 6) is -0.354. The number of Topliss-reactive ketones (excluding diaryl/α,β-unsaturated/α-hetero) is 1. The van der Waals surface area contributed by atoms with E-state index in [1.165, 1.54) is 22.3 Å². The Balaban J connectivity index is 1.17. The summed E-state index contributed by atoms with van der Waals surface area (Å²) >= 11 is 0. The van der Waals surface area contributed by atoms with Crippen molar-refractivity contribution in [2.45, 2.75) is 31.6 Å². The number of aromatic nitrogens is 1. The van der Waals surface area contributed by atoms with Crippen LogP contribution in [-0.2, 0) is 24.0 Å². The molecule has 0 aliphatic heterocycles. The van der Waals surface area contributed by atoms with E-state index in [0.29, 0.717) is 17.0 Å². The highest BCUT2D eigenvalue weighted by Crippen LogP contribution is 2.38. The van der Waals surface area contributed by atoms with Crippen molar-refractivity contribution in [3.05, 3.63) is 136 Å². The third kappa shape index (κ3) is 4.22. The number of pyridine rings is 1. The summed E-state index contributed by atoms with van der Waals surface area (Å²) in [6, 6.07) is 32.2. The fraction of sp³-hybridized carbons (Fsp3) is 0.171. The third-order valence-corrected chi connectivity index (χ3v) is 8.19. The van der Waals surface area contributed by atoms with Crippen molar-refractivity contribution < 1.29 is 14.3 Å². The van der Waals surface area contributed by atoms with Crippen LogP contribution in [0.2, 0.25) is 0 Å². The normalized spacial score (nSPS) is 15.3. The van der Waals surface area contributed by atoms with Crippen molar-refractivity contribution >= 4 is 22.7 Å². The Morgan fingerprint density at radius 2 is 1.59 bits per heavy atom. The first kappa shape index (κ1) is 23.5. The Kier molecular flexibility index (Phi) is 5.81. The molecule has 0 spiro atoms. The first-order valence-electron chi connectivity index (χ1n) is 13.5. The average molecular weight is 510 g/mol. The molecule has 2 aliphatic rings. The highest BCUT2D eigenvalue weighted by Gasteiger charge is 2.29. The van der Waals surface area contributed by atoms with Gasteiger partial charge in [-0.2, -0.15) is 0 Å². The van der Waals surface area contributed by atoms with Crippen LogP contribution in [-0.4, -0.2) is 23.3 Å². The van der Waals surface area contributed by atoms with Gasteiger partial charge < -0.3 is 4.74 Å². The maximum Gasteiger partial charge on any atom is 0.339 e. The van der Waals surface area contributed by atoms with Gasteiger partial charge in [-0.1, -0.05) is 84.9 Å². The summed E-state index contributed by atoms with van der Waals surface area (Å²) in [7, 11) is 0. The zero-order valence-corrected chi connectivity index (χ0v) is 21.5. The zero-order valence-electron chi connectivity index (χ0n) is 21.5. The second-order valence-corrected chi connectivity index (χ2v) is 10.5. The van der Waals surface area contributed by atoms with E-state index < -0.39 is 5.97 Å². The highest BCUT2D eigenvalue weighted by molar-refractivity contribution is 6.07. The molecule has 0 fully saturated rings. The van der Waals surface area contributed by atoms with Crippen LogP contribution < -0.4 is 0 Å². The van der Waals surface area contributed by atoms with E-state index in [9.17, 15) is 9.59 Å². The van der Waals surface area contributed by atoms with Crippen LogP contribution in [0, 0.1) is 0 Å². The largest absolute Gasteiger partial charge is 0.454 e. The molecule has 5 aromatic rings. The molecular formula is C35H27NO3. The van der Waals surface area contributed by atoms with Gasteiger partial charge in [0.2, 0.25) is 0 Å². The number of aryl methyl sites for hydroxylation is 1. The summed E-state index contributed by atoms with van der Waals surface area (Å²) in [5, 5.41) is 0.775. The molecule has 4 nitrogen and oxygen atoms in total. The molecule has 7 rings (SSSR count). The summed E-state index contributed by atoms with van der Waals surface area (Å²) in [5.41, 5.74) is 9.80. The lowest BCUT2D eigenvalue weighted by molar-refractivity contribution is 0.0475. The van der Waals surface area contributed by atoms with Gasteiger partial charge in [0.25, 0.3) is 0 Å². The van der Waals surface area contributed by atoms with Crippen LogP contribution in [0.5, 0.6) is 0 Å². The lowest BCUT2D eigenvalue weighted by Gasteiger charge is -2.27. The average Bonchev–Trinajstić information content (AvgIpc) is 3.36. The molecule has 39 heavy (non-hydrogen) atoms. The zero-order chi connectivity index (χ0) is 26.3. The number of nitrogens with zero attached hydrogens (tertiary/aromatic N) is 1. The Morgan fingerprint density at radius 1 is 0.821 bits per heavy atom. The summed E-state index contributed by atoms with van der Waals surface area (Å²) in [6.45, 7) is -0.299. The van der Waals surface area contributed by atoms with Crippen LogP contribution in [0.25, 0.3) is 22.0 Å². The molecule has 1 atom stereocenters. The minimum Gasteiger partial charge on any atom is -0.454 e. The van der Waals surface area contributed by atoms with E-state index >= 15 is 0 Å². The highest BCUT2D eigenvalue weighted by atomic mass is 16.5. The quantitative estimate of drug-likeness (QED) is 0.183. The van der Waals surface area contributed by atoms with E-state index in [-0.39, 0.29) is 12.4 Å². The van der Waals surface area contributed by atoms with Crippen molar-refractivity contribution in [2.75, 3.05) is 6.61 Å². The fourth-order valence-electron chi connectivity index (χ4n) is 6.21. The van der Waals surface area contributed by atoms with Gasteiger partial charge in [0.15, 0.2) is 12.4 Å². The summed E-state index contributed by atoms with van der Waals surface area (Å²) < 4.78 is 5.73. The molecule has 190 valence electrons. The van der Waals surface area contributed by atoms with E-state index in [0.717, 1.165) is 53.4 Å². The first-order chi connectivity index (χ1) is 19.2. The van der Waals surface area contributed by atoms with Crippen LogP contribution in [0.1, 0.15) is 61.0 Å². The number of carbonyl (C=O) groups is 2. The van der Waals surface area contributed by atoms with E-state index in [4.69, 9.17) is 9.72 Å². The van der Waals surface area contributed by atoms with Gasteiger partial charge in [0.05, 0.1) is 11.1 Å². The van der Waals surface area contributed by atoms with Crippen LogP contribution in [0.4, 0.5) is 0 Å². The predicted octanol–water partition coefficient (Wildman–Crippen LogP) is 7.12. The second kappa shape index (κ2) is 9.63.